The summed E-state index contributed by atoms with van der Waals surface area (Å²) in [5, 5.41) is 5.74. The van der Waals surface area contributed by atoms with Gasteiger partial charge in [0.05, 0.1) is 12.8 Å². The first-order valence-corrected chi connectivity index (χ1v) is 7.05. The van der Waals surface area contributed by atoms with E-state index in [0.29, 0.717) is 42.1 Å². The van der Waals surface area contributed by atoms with Crippen LogP contribution in [0.4, 0.5) is 5.69 Å². The number of piperazine rings is 1. The van der Waals surface area contributed by atoms with Crippen LogP contribution in [0.5, 0.6) is 5.75 Å². The Morgan fingerprint density at radius 1 is 1.35 bits per heavy atom. The summed E-state index contributed by atoms with van der Waals surface area (Å²) in [7, 11) is 1.54. The normalized spacial score (nSPS) is 14.8. The van der Waals surface area contributed by atoms with Crippen LogP contribution in [0.1, 0.15) is 0 Å². The van der Waals surface area contributed by atoms with Crippen molar-refractivity contribution in [2.75, 3.05) is 38.6 Å². The molecule has 1 aromatic carbocycles. The fourth-order valence-corrected chi connectivity index (χ4v) is 2.26. The van der Waals surface area contributed by atoms with Crippen LogP contribution < -0.4 is 15.4 Å². The van der Waals surface area contributed by atoms with Crippen molar-refractivity contribution >= 4 is 33.4 Å². The summed E-state index contributed by atoms with van der Waals surface area (Å²) in [6.07, 6.45) is 0. The molecule has 1 saturated heterocycles. The van der Waals surface area contributed by atoms with Crippen LogP contribution in [0.3, 0.4) is 0 Å². The predicted molar refractivity (Wildman–Crippen MR) is 78.8 cm³/mol. The highest BCUT2D eigenvalue weighted by molar-refractivity contribution is 9.10. The number of nitrogens with one attached hydrogen (secondary N) is 2. The quantitative estimate of drug-likeness (QED) is 0.781. The van der Waals surface area contributed by atoms with E-state index in [2.05, 4.69) is 26.6 Å². The van der Waals surface area contributed by atoms with Crippen molar-refractivity contribution in [2.24, 2.45) is 0 Å². The molecule has 1 heterocycles. The van der Waals surface area contributed by atoms with Crippen LogP contribution >= 0.6 is 15.9 Å². The van der Waals surface area contributed by atoms with Gasteiger partial charge in [-0.25, -0.2) is 0 Å². The van der Waals surface area contributed by atoms with Gasteiger partial charge in [0.25, 0.3) is 0 Å². The lowest BCUT2D eigenvalue weighted by atomic mass is 10.3. The van der Waals surface area contributed by atoms with Crippen LogP contribution in [0, 0.1) is 0 Å². The highest BCUT2D eigenvalue weighted by Crippen LogP contribution is 2.27. The van der Waals surface area contributed by atoms with Crippen molar-refractivity contribution < 1.29 is 14.3 Å². The minimum atomic E-state index is -0.638. The Morgan fingerprint density at radius 2 is 2.05 bits per heavy atom. The zero-order chi connectivity index (χ0) is 14.5. The summed E-state index contributed by atoms with van der Waals surface area (Å²) in [5.74, 6) is -0.541. The minimum absolute atomic E-state index is 0.512. The molecule has 1 aromatic rings. The van der Waals surface area contributed by atoms with Crippen LogP contribution in [0.15, 0.2) is 22.7 Å². The fraction of sp³-hybridized carbons (Fsp3) is 0.385. The molecule has 0 aromatic heterocycles. The number of hydrogen-bond acceptors (Lipinski definition) is 4. The number of ether oxygens (including phenoxy) is 1. The van der Waals surface area contributed by atoms with E-state index in [0.717, 1.165) is 0 Å². The number of amides is 2. The third-order valence-electron chi connectivity index (χ3n) is 3.02. The van der Waals surface area contributed by atoms with E-state index in [4.69, 9.17) is 4.74 Å². The van der Waals surface area contributed by atoms with E-state index in [1.54, 1.807) is 30.2 Å². The molecule has 0 spiro atoms. The van der Waals surface area contributed by atoms with Crippen LogP contribution in [0.2, 0.25) is 0 Å². The molecule has 2 N–H and O–H groups in total. The average Bonchev–Trinajstić information content (AvgIpc) is 2.49. The van der Waals surface area contributed by atoms with Crippen LogP contribution in [0.25, 0.3) is 0 Å². The molecule has 6 nitrogen and oxygen atoms in total. The lowest BCUT2D eigenvalue weighted by Gasteiger charge is -2.26. The Bertz CT molecular complexity index is 516. The van der Waals surface area contributed by atoms with Gasteiger partial charge in [0, 0.05) is 36.7 Å². The molecule has 2 amide bonds. The number of anilines is 1. The van der Waals surface area contributed by atoms with E-state index in [9.17, 15) is 9.59 Å². The molecule has 1 aliphatic heterocycles. The Kier molecular flexibility index (Phi) is 4.97. The maximum atomic E-state index is 12.0. The SMILES string of the molecule is COc1ccc(Br)c(NC(=O)C(=O)N2CCNCC2)c1. The van der Waals surface area contributed by atoms with Crippen molar-refractivity contribution in [3.8, 4) is 5.75 Å². The minimum Gasteiger partial charge on any atom is -0.497 e. The van der Waals surface area contributed by atoms with Crippen molar-refractivity contribution in [2.45, 2.75) is 0 Å². The maximum Gasteiger partial charge on any atom is 0.313 e. The average molecular weight is 342 g/mol. The fourth-order valence-electron chi connectivity index (χ4n) is 1.91. The lowest BCUT2D eigenvalue weighted by Crippen LogP contribution is -2.49. The van der Waals surface area contributed by atoms with Gasteiger partial charge < -0.3 is 20.3 Å². The third-order valence-corrected chi connectivity index (χ3v) is 3.71. The van der Waals surface area contributed by atoms with E-state index in [1.165, 1.54) is 0 Å². The van der Waals surface area contributed by atoms with Gasteiger partial charge in [0.1, 0.15) is 5.75 Å². The summed E-state index contributed by atoms with van der Waals surface area (Å²) in [5.41, 5.74) is 0.512. The summed E-state index contributed by atoms with van der Waals surface area (Å²) in [4.78, 5) is 25.5. The standard InChI is InChI=1S/C13H16BrN3O3/c1-20-9-2-3-10(14)11(8-9)16-12(18)13(19)17-6-4-15-5-7-17/h2-3,8,15H,4-7H2,1H3,(H,16,18). The number of carbonyl (C=O) groups excluding carboxylic acids is 2. The molecular formula is C13H16BrN3O3. The Morgan fingerprint density at radius 3 is 2.70 bits per heavy atom. The first-order valence-electron chi connectivity index (χ1n) is 6.26. The van der Waals surface area contributed by atoms with Gasteiger partial charge in [-0.3, -0.25) is 9.59 Å². The molecule has 1 fully saturated rings. The molecule has 0 aliphatic carbocycles. The van der Waals surface area contributed by atoms with Crippen LogP contribution in [-0.4, -0.2) is 50.0 Å². The highest BCUT2D eigenvalue weighted by Gasteiger charge is 2.23. The van der Waals surface area contributed by atoms with Crippen molar-refractivity contribution in [1.29, 1.82) is 0 Å². The Hall–Kier alpha value is -1.60. The topological polar surface area (TPSA) is 70.7 Å². The second kappa shape index (κ2) is 6.71. The molecule has 0 unspecified atom stereocenters. The first-order chi connectivity index (χ1) is 9.61. The number of hydrogen-bond donors (Lipinski definition) is 2. The molecule has 108 valence electrons. The largest absolute Gasteiger partial charge is 0.497 e. The number of methoxy groups -OCH3 is 1. The van der Waals surface area contributed by atoms with Gasteiger partial charge in [-0.15, -0.1) is 0 Å². The van der Waals surface area contributed by atoms with Gasteiger partial charge >= 0.3 is 11.8 Å². The van der Waals surface area contributed by atoms with Crippen LogP contribution in [-0.2, 0) is 9.59 Å². The molecule has 20 heavy (non-hydrogen) atoms. The maximum absolute atomic E-state index is 12.0. The molecule has 0 bridgehead atoms. The zero-order valence-electron chi connectivity index (χ0n) is 11.1. The second-order valence-corrected chi connectivity index (χ2v) is 5.20. The molecular weight excluding hydrogens is 326 g/mol. The molecule has 7 heteroatoms. The van der Waals surface area contributed by atoms with Gasteiger partial charge in [0.2, 0.25) is 0 Å². The third kappa shape index (κ3) is 3.49. The van der Waals surface area contributed by atoms with Gasteiger partial charge in [-0.1, -0.05) is 0 Å². The number of rotatable bonds is 2. The highest BCUT2D eigenvalue weighted by atomic mass is 79.9. The second-order valence-electron chi connectivity index (χ2n) is 4.34. The van der Waals surface area contributed by atoms with E-state index in [-0.39, 0.29) is 0 Å². The number of benzene rings is 1. The van der Waals surface area contributed by atoms with Crippen molar-refractivity contribution in [1.82, 2.24) is 10.2 Å². The van der Waals surface area contributed by atoms with Crippen molar-refractivity contribution in [3.05, 3.63) is 22.7 Å². The van der Waals surface area contributed by atoms with Gasteiger partial charge in [-0.2, -0.15) is 0 Å². The van der Waals surface area contributed by atoms with Crippen molar-refractivity contribution in [3.63, 3.8) is 0 Å². The summed E-state index contributed by atoms with van der Waals surface area (Å²) in [6, 6.07) is 5.18. The number of halogens is 1. The van der Waals surface area contributed by atoms with Gasteiger partial charge in [0.15, 0.2) is 0 Å². The number of nitrogens with zero attached hydrogens (tertiary/aromatic N) is 1. The van der Waals surface area contributed by atoms with E-state index >= 15 is 0 Å². The molecule has 2 rings (SSSR count). The number of carbonyl (C=O) groups is 2. The zero-order valence-corrected chi connectivity index (χ0v) is 12.7. The molecule has 1 aliphatic rings. The smallest absolute Gasteiger partial charge is 0.313 e. The first kappa shape index (κ1) is 14.8. The van der Waals surface area contributed by atoms with E-state index in [1.807, 2.05) is 0 Å². The predicted octanol–water partition coefficient (Wildman–Crippen LogP) is 0.828. The lowest BCUT2D eigenvalue weighted by molar-refractivity contribution is -0.143. The molecule has 0 saturated carbocycles. The molecule has 0 atom stereocenters. The Labute approximate surface area is 125 Å². The Balaban J connectivity index is 2.05. The molecule has 0 radical (unpaired) electrons. The van der Waals surface area contributed by atoms with E-state index < -0.39 is 11.8 Å². The summed E-state index contributed by atoms with van der Waals surface area (Å²) >= 11 is 3.33. The van der Waals surface area contributed by atoms with Gasteiger partial charge in [-0.05, 0) is 28.1 Å². The summed E-state index contributed by atoms with van der Waals surface area (Å²) < 4.78 is 5.79. The summed E-state index contributed by atoms with van der Waals surface area (Å²) in [6.45, 7) is 2.51. The monoisotopic (exact) mass is 341 g/mol.